The standard InChI is InChI=1S/C18H12F2IN3S/c19-18(20,21)13-7-4-8-14(11-13)23-17-24-16(15(25-17)9-10-22)12-5-2-1-3-6-12/h1-8,11H,9H2,(H,23,24). The number of nitrogens with zero attached hydrogens (tertiary/aromatic N) is 2. The number of benzene rings is 2. The summed E-state index contributed by atoms with van der Waals surface area (Å²) in [6.45, 7) is 0. The highest BCUT2D eigenvalue weighted by Gasteiger charge is 2.26. The van der Waals surface area contributed by atoms with Gasteiger partial charge < -0.3 is 5.32 Å². The lowest BCUT2D eigenvalue weighted by molar-refractivity contribution is 0.127. The Labute approximate surface area is 161 Å². The molecular weight excluding hydrogens is 455 g/mol. The van der Waals surface area contributed by atoms with Gasteiger partial charge in [0.2, 0.25) is 0 Å². The highest BCUT2D eigenvalue weighted by molar-refractivity contribution is 14.1. The van der Waals surface area contributed by atoms with Crippen LogP contribution in [0.1, 0.15) is 10.4 Å². The molecule has 0 aliphatic carbocycles. The summed E-state index contributed by atoms with van der Waals surface area (Å²) in [7, 11) is 0. The van der Waals surface area contributed by atoms with Gasteiger partial charge in [0.25, 0.3) is 0 Å². The van der Waals surface area contributed by atoms with E-state index < -0.39 is 3.93 Å². The summed E-state index contributed by atoms with van der Waals surface area (Å²) in [6.07, 6.45) is 0.245. The van der Waals surface area contributed by atoms with E-state index in [4.69, 9.17) is 5.26 Å². The van der Waals surface area contributed by atoms with Crippen molar-refractivity contribution in [3.05, 3.63) is 65.0 Å². The number of anilines is 2. The van der Waals surface area contributed by atoms with Gasteiger partial charge in [0.1, 0.15) is 0 Å². The molecule has 3 aromatic rings. The molecular formula is C18H12F2IN3S. The largest absolute Gasteiger partial charge is 0.332 e. The predicted molar refractivity (Wildman–Crippen MR) is 105 cm³/mol. The Kier molecular flexibility index (Phi) is 5.30. The fraction of sp³-hybridized carbons (Fsp3) is 0.111. The second-order valence-electron chi connectivity index (χ2n) is 5.20. The molecule has 0 aliphatic heterocycles. The monoisotopic (exact) mass is 467 g/mol. The molecule has 0 unspecified atom stereocenters. The van der Waals surface area contributed by atoms with Crippen molar-refractivity contribution in [2.45, 2.75) is 10.4 Å². The van der Waals surface area contributed by atoms with Crippen LogP contribution >= 0.6 is 33.9 Å². The number of hydrogen-bond acceptors (Lipinski definition) is 4. The first-order chi connectivity index (χ1) is 12.0. The van der Waals surface area contributed by atoms with Crippen LogP contribution in [0.4, 0.5) is 19.6 Å². The highest BCUT2D eigenvalue weighted by atomic mass is 127. The van der Waals surface area contributed by atoms with Gasteiger partial charge >= 0.3 is 3.93 Å². The molecule has 25 heavy (non-hydrogen) atoms. The fourth-order valence-corrected chi connectivity index (χ4v) is 3.59. The third-order valence-electron chi connectivity index (χ3n) is 3.43. The SMILES string of the molecule is N#CCc1sc(Nc2cccc(C(F)(F)I)c2)nc1-c1ccccc1. The maximum atomic E-state index is 13.5. The van der Waals surface area contributed by atoms with Crippen molar-refractivity contribution in [2.75, 3.05) is 5.32 Å². The van der Waals surface area contributed by atoms with Crippen molar-refractivity contribution in [2.24, 2.45) is 0 Å². The molecule has 0 radical (unpaired) electrons. The van der Waals surface area contributed by atoms with Gasteiger partial charge in [-0.15, -0.1) is 11.3 Å². The zero-order valence-electron chi connectivity index (χ0n) is 12.8. The van der Waals surface area contributed by atoms with Gasteiger partial charge in [0.05, 0.1) is 18.2 Å². The van der Waals surface area contributed by atoms with Crippen LogP contribution in [0.2, 0.25) is 0 Å². The summed E-state index contributed by atoms with van der Waals surface area (Å²) in [6, 6.07) is 17.8. The Balaban J connectivity index is 1.93. The third-order valence-corrected chi connectivity index (χ3v) is 5.02. The summed E-state index contributed by atoms with van der Waals surface area (Å²) in [4.78, 5) is 5.39. The van der Waals surface area contributed by atoms with E-state index in [0.29, 0.717) is 10.8 Å². The molecule has 0 fully saturated rings. The van der Waals surface area contributed by atoms with Crippen LogP contribution in [-0.2, 0) is 10.4 Å². The molecule has 1 N–H and O–H groups in total. The minimum atomic E-state index is -2.93. The Morgan fingerprint density at radius 3 is 2.60 bits per heavy atom. The van der Waals surface area contributed by atoms with Crippen LogP contribution in [0.5, 0.6) is 0 Å². The Bertz CT molecular complexity index is 914. The molecule has 3 nitrogen and oxygen atoms in total. The van der Waals surface area contributed by atoms with Gasteiger partial charge in [-0.25, -0.2) is 4.98 Å². The predicted octanol–water partition coefficient (Wildman–Crippen LogP) is 6.10. The molecule has 0 saturated carbocycles. The zero-order chi connectivity index (χ0) is 17.9. The van der Waals surface area contributed by atoms with Crippen LogP contribution in [0.15, 0.2) is 54.6 Å². The highest BCUT2D eigenvalue weighted by Crippen LogP contribution is 2.37. The minimum absolute atomic E-state index is 0.0739. The van der Waals surface area contributed by atoms with Crippen molar-refractivity contribution in [3.8, 4) is 17.3 Å². The van der Waals surface area contributed by atoms with Crippen molar-refractivity contribution >= 4 is 44.7 Å². The van der Waals surface area contributed by atoms with Gasteiger partial charge in [-0.05, 0) is 12.1 Å². The maximum Gasteiger partial charge on any atom is 0.321 e. The number of nitriles is 1. The van der Waals surface area contributed by atoms with Crippen LogP contribution in [-0.4, -0.2) is 4.98 Å². The van der Waals surface area contributed by atoms with E-state index >= 15 is 0 Å². The average molecular weight is 467 g/mol. The average Bonchev–Trinajstić information content (AvgIpc) is 2.98. The van der Waals surface area contributed by atoms with Crippen LogP contribution in [0.3, 0.4) is 0 Å². The summed E-state index contributed by atoms with van der Waals surface area (Å²) in [5.41, 5.74) is 2.12. The third kappa shape index (κ3) is 4.32. The topological polar surface area (TPSA) is 48.7 Å². The molecule has 0 aliphatic rings. The first-order valence-corrected chi connectivity index (χ1v) is 9.23. The van der Waals surface area contributed by atoms with Gasteiger partial charge in [0.15, 0.2) is 5.13 Å². The van der Waals surface area contributed by atoms with Gasteiger partial charge in [-0.3, -0.25) is 0 Å². The van der Waals surface area contributed by atoms with E-state index in [1.807, 2.05) is 30.3 Å². The van der Waals surface area contributed by atoms with Crippen molar-refractivity contribution in [1.82, 2.24) is 4.98 Å². The lowest BCUT2D eigenvalue weighted by Crippen LogP contribution is -2.02. The molecule has 126 valence electrons. The second-order valence-corrected chi connectivity index (χ2v) is 7.63. The molecule has 0 saturated heterocycles. The van der Waals surface area contributed by atoms with E-state index in [0.717, 1.165) is 38.7 Å². The number of rotatable bonds is 5. The first-order valence-electron chi connectivity index (χ1n) is 7.34. The van der Waals surface area contributed by atoms with E-state index in [9.17, 15) is 8.78 Å². The fourth-order valence-electron chi connectivity index (χ4n) is 2.32. The molecule has 0 bridgehead atoms. The molecule has 1 heterocycles. The number of nitrogens with one attached hydrogen (secondary N) is 1. The maximum absolute atomic E-state index is 13.5. The van der Waals surface area contributed by atoms with E-state index in [1.165, 1.54) is 23.5 Å². The number of aromatic nitrogens is 1. The second kappa shape index (κ2) is 7.45. The summed E-state index contributed by atoms with van der Waals surface area (Å²) >= 11 is 2.46. The van der Waals surface area contributed by atoms with Crippen molar-refractivity contribution < 1.29 is 8.78 Å². The van der Waals surface area contributed by atoms with Crippen LogP contribution in [0, 0.1) is 11.3 Å². The zero-order valence-corrected chi connectivity index (χ0v) is 15.8. The summed E-state index contributed by atoms with van der Waals surface area (Å²) < 4.78 is 24.0. The molecule has 2 aromatic carbocycles. The Morgan fingerprint density at radius 2 is 1.92 bits per heavy atom. The van der Waals surface area contributed by atoms with Gasteiger partial charge in [0, 0.05) is 44.3 Å². The van der Waals surface area contributed by atoms with E-state index in [2.05, 4.69) is 16.4 Å². The minimum Gasteiger partial charge on any atom is -0.332 e. The lowest BCUT2D eigenvalue weighted by Gasteiger charge is -2.10. The lowest BCUT2D eigenvalue weighted by atomic mass is 10.1. The van der Waals surface area contributed by atoms with Gasteiger partial charge in [-0.2, -0.15) is 14.0 Å². The molecule has 0 amide bonds. The van der Waals surface area contributed by atoms with Crippen LogP contribution < -0.4 is 5.32 Å². The molecule has 0 spiro atoms. The number of thiazole rings is 1. The molecule has 3 rings (SSSR count). The van der Waals surface area contributed by atoms with E-state index in [-0.39, 0.29) is 12.0 Å². The quantitative estimate of drug-likeness (QED) is 0.364. The Hall–Kier alpha value is -2.05. The summed E-state index contributed by atoms with van der Waals surface area (Å²) in [5, 5.41) is 12.7. The Morgan fingerprint density at radius 1 is 1.16 bits per heavy atom. The normalized spacial score (nSPS) is 11.1. The van der Waals surface area contributed by atoms with Crippen molar-refractivity contribution in [3.63, 3.8) is 0 Å². The number of halogens is 3. The summed E-state index contributed by atoms with van der Waals surface area (Å²) in [5.74, 6) is 0. The molecule has 7 heteroatoms. The first kappa shape index (κ1) is 17.8. The molecule has 1 aromatic heterocycles. The van der Waals surface area contributed by atoms with Gasteiger partial charge in [-0.1, -0.05) is 42.5 Å². The smallest absolute Gasteiger partial charge is 0.321 e. The van der Waals surface area contributed by atoms with Crippen molar-refractivity contribution in [1.29, 1.82) is 5.26 Å². The number of alkyl halides is 3. The number of hydrogen-bond donors (Lipinski definition) is 1. The van der Waals surface area contributed by atoms with E-state index in [1.54, 1.807) is 12.1 Å². The van der Waals surface area contributed by atoms with Crippen LogP contribution in [0.25, 0.3) is 11.3 Å². The molecule has 0 atom stereocenters.